The first kappa shape index (κ1) is 21.0. The number of carbonyl (C=O) groups is 1. The SMILES string of the molecule is C=CC/C=C/CCCCCCCCCCCCC(=O)N1CCCC1. The van der Waals surface area contributed by atoms with Crippen LogP contribution in [-0.2, 0) is 4.79 Å². The fourth-order valence-electron chi connectivity index (χ4n) is 3.39. The second kappa shape index (κ2) is 15.5. The molecule has 0 spiro atoms. The number of hydrogen-bond donors (Lipinski definition) is 0. The van der Waals surface area contributed by atoms with E-state index in [1.807, 2.05) is 6.08 Å². The summed E-state index contributed by atoms with van der Waals surface area (Å²) in [6.45, 7) is 5.72. The smallest absolute Gasteiger partial charge is 0.222 e. The summed E-state index contributed by atoms with van der Waals surface area (Å²) in [6, 6.07) is 0. The Balaban J connectivity index is 1.74. The Kier molecular flexibility index (Phi) is 13.5. The molecule has 1 heterocycles. The Morgan fingerprint density at radius 1 is 0.792 bits per heavy atom. The molecule has 1 amide bonds. The lowest BCUT2D eigenvalue weighted by Gasteiger charge is -2.14. The molecule has 0 aromatic heterocycles. The van der Waals surface area contributed by atoms with Gasteiger partial charge in [-0.2, -0.15) is 0 Å². The summed E-state index contributed by atoms with van der Waals surface area (Å²) in [7, 11) is 0. The molecular weight excluding hydrogens is 294 g/mol. The van der Waals surface area contributed by atoms with E-state index in [2.05, 4.69) is 23.6 Å². The first-order chi connectivity index (χ1) is 11.8. The maximum Gasteiger partial charge on any atom is 0.222 e. The van der Waals surface area contributed by atoms with Gasteiger partial charge in [-0.25, -0.2) is 0 Å². The van der Waals surface area contributed by atoms with Gasteiger partial charge in [0.2, 0.25) is 5.91 Å². The van der Waals surface area contributed by atoms with Gasteiger partial charge in [-0.3, -0.25) is 4.79 Å². The molecule has 138 valence electrons. The normalized spacial score (nSPS) is 14.6. The Hall–Kier alpha value is -1.05. The van der Waals surface area contributed by atoms with Crippen LogP contribution >= 0.6 is 0 Å². The molecule has 0 radical (unpaired) electrons. The van der Waals surface area contributed by atoms with Gasteiger partial charge in [0, 0.05) is 19.5 Å². The van der Waals surface area contributed by atoms with E-state index < -0.39 is 0 Å². The van der Waals surface area contributed by atoms with Crippen LogP contribution in [0.5, 0.6) is 0 Å². The molecular formula is C22H39NO. The molecule has 0 N–H and O–H groups in total. The Morgan fingerprint density at radius 2 is 1.33 bits per heavy atom. The van der Waals surface area contributed by atoms with Gasteiger partial charge in [0.05, 0.1) is 0 Å². The maximum absolute atomic E-state index is 11.9. The zero-order chi connectivity index (χ0) is 17.3. The standard InChI is InChI=1S/C22H39NO/c1-2-3-4-5-6-7-8-9-10-11-12-13-14-15-16-19-22(24)23-20-17-18-21-23/h2,4-5H,1,3,6-21H2/b5-4+. The number of likely N-dealkylation sites (tertiary alicyclic amines) is 1. The Labute approximate surface area is 150 Å². The summed E-state index contributed by atoms with van der Waals surface area (Å²) >= 11 is 0. The summed E-state index contributed by atoms with van der Waals surface area (Å²) in [5.41, 5.74) is 0. The van der Waals surface area contributed by atoms with E-state index in [-0.39, 0.29) is 0 Å². The van der Waals surface area contributed by atoms with E-state index in [1.54, 1.807) is 0 Å². The number of rotatable bonds is 15. The lowest BCUT2D eigenvalue weighted by Crippen LogP contribution is -2.27. The van der Waals surface area contributed by atoms with E-state index in [0.29, 0.717) is 5.91 Å². The summed E-state index contributed by atoms with van der Waals surface area (Å²) < 4.78 is 0. The van der Waals surface area contributed by atoms with Gasteiger partial charge in [0.15, 0.2) is 0 Å². The molecule has 1 fully saturated rings. The van der Waals surface area contributed by atoms with Gasteiger partial charge in [-0.05, 0) is 38.5 Å². The first-order valence-corrected chi connectivity index (χ1v) is 10.4. The minimum Gasteiger partial charge on any atom is -0.343 e. The average molecular weight is 334 g/mol. The third-order valence-electron chi connectivity index (χ3n) is 4.94. The molecule has 0 saturated carbocycles. The number of nitrogens with zero attached hydrogens (tertiary/aromatic N) is 1. The third kappa shape index (κ3) is 11.5. The second-order valence-corrected chi connectivity index (χ2v) is 7.16. The monoisotopic (exact) mass is 333 g/mol. The van der Waals surface area contributed by atoms with Crippen LogP contribution in [0.25, 0.3) is 0 Å². The van der Waals surface area contributed by atoms with Crippen LogP contribution in [-0.4, -0.2) is 23.9 Å². The van der Waals surface area contributed by atoms with Crippen molar-refractivity contribution in [3.05, 3.63) is 24.8 Å². The van der Waals surface area contributed by atoms with Gasteiger partial charge in [-0.15, -0.1) is 6.58 Å². The van der Waals surface area contributed by atoms with Gasteiger partial charge < -0.3 is 4.90 Å². The van der Waals surface area contributed by atoms with Crippen molar-refractivity contribution in [3.63, 3.8) is 0 Å². The highest BCUT2D eigenvalue weighted by Gasteiger charge is 2.16. The maximum atomic E-state index is 11.9. The van der Waals surface area contributed by atoms with Crippen molar-refractivity contribution in [2.45, 2.75) is 96.3 Å². The van der Waals surface area contributed by atoms with Crippen LogP contribution in [0.3, 0.4) is 0 Å². The molecule has 0 aromatic carbocycles. The molecule has 1 aliphatic heterocycles. The van der Waals surface area contributed by atoms with Gasteiger partial charge in [-0.1, -0.05) is 69.6 Å². The fourth-order valence-corrected chi connectivity index (χ4v) is 3.39. The third-order valence-corrected chi connectivity index (χ3v) is 4.94. The molecule has 0 aromatic rings. The van der Waals surface area contributed by atoms with Crippen molar-refractivity contribution in [3.8, 4) is 0 Å². The Morgan fingerprint density at radius 3 is 1.92 bits per heavy atom. The minimum atomic E-state index is 0.395. The first-order valence-electron chi connectivity index (χ1n) is 10.4. The van der Waals surface area contributed by atoms with Crippen LogP contribution in [0.1, 0.15) is 96.3 Å². The zero-order valence-electron chi connectivity index (χ0n) is 15.8. The number of carbonyl (C=O) groups excluding carboxylic acids is 1. The number of allylic oxidation sites excluding steroid dienone is 3. The van der Waals surface area contributed by atoms with E-state index in [9.17, 15) is 4.79 Å². The average Bonchev–Trinajstić information content (AvgIpc) is 3.13. The molecule has 0 aliphatic carbocycles. The quantitative estimate of drug-likeness (QED) is 0.250. The predicted molar refractivity (Wildman–Crippen MR) is 105 cm³/mol. The molecule has 1 aliphatic rings. The summed E-state index contributed by atoms with van der Waals surface area (Å²) in [5, 5.41) is 0. The molecule has 2 nitrogen and oxygen atoms in total. The van der Waals surface area contributed by atoms with Gasteiger partial charge in [0.25, 0.3) is 0 Å². The lowest BCUT2D eigenvalue weighted by atomic mass is 10.0. The van der Waals surface area contributed by atoms with Crippen molar-refractivity contribution in [2.75, 3.05) is 13.1 Å². The molecule has 0 atom stereocenters. The highest BCUT2D eigenvalue weighted by molar-refractivity contribution is 5.76. The van der Waals surface area contributed by atoms with Crippen molar-refractivity contribution in [1.29, 1.82) is 0 Å². The number of amides is 1. The molecule has 1 saturated heterocycles. The summed E-state index contributed by atoms with van der Waals surface area (Å²) in [5.74, 6) is 0.395. The van der Waals surface area contributed by atoms with Crippen molar-refractivity contribution >= 4 is 5.91 Å². The van der Waals surface area contributed by atoms with Gasteiger partial charge >= 0.3 is 0 Å². The van der Waals surface area contributed by atoms with E-state index in [1.165, 1.54) is 77.0 Å². The van der Waals surface area contributed by atoms with E-state index in [4.69, 9.17) is 0 Å². The minimum absolute atomic E-state index is 0.395. The van der Waals surface area contributed by atoms with Crippen LogP contribution in [0.2, 0.25) is 0 Å². The molecule has 24 heavy (non-hydrogen) atoms. The van der Waals surface area contributed by atoms with Gasteiger partial charge in [0.1, 0.15) is 0 Å². The second-order valence-electron chi connectivity index (χ2n) is 7.16. The summed E-state index contributed by atoms with van der Waals surface area (Å²) in [6.07, 6.45) is 25.1. The zero-order valence-corrected chi connectivity index (χ0v) is 15.8. The molecule has 0 unspecified atom stereocenters. The fraction of sp³-hybridized carbons (Fsp3) is 0.773. The highest BCUT2D eigenvalue weighted by atomic mass is 16.2. The van der Waals surface area contributed by atoms with E-state index in [0.717, 1.165) is 32.4 Å². The molecule has 2 heteroatoms. The Bertz CT molecular complexity index is 342. The lowest BCUT2D eigenvalue weighted by molar-refractivity contribution is -0.130. The highest BCUT2D eigenvalue weighted by Crippen LogP contribution is 2.14. The molecule has 0 bridgehead atoms. The number of hydrogen-bond acceptors (Lipinski definition) is 1. The van der Waals surface area contributed by atoms with Crippen molar-refractivity contribution in [1.82, 2.24) is 4.90 Å². The predicted octanol–water partition coefficient (Wildman–Crippen LogP) is 6.42. The largest absolute Gasteiger partial charge is 0.343 e. The van der Waals surface area contributed by atoms with Crippen LogP contribution in [0.4, 0.5) is 0 Å². The molecule has 1 rings (SSSR count). The van der Waals surface area contributed by atoms with Crippen molar-refractivity contribution < 1.29 is 4.79 Å². The summed E-state index contributed by atoms with van der Waals surface area (Å²) in [4.78, 5) is 13.9. The van der Waals surface area contributed by atoms with Crippen LogP contribution in [0, 0.1) is 0 Å². The number of unbranched alkanes of at least 4 members (excludes halogenated alkanes) is 10. The van der Waals surface area contributed by atoms with Crippen LogP contribution < -0.4 is 0 Å². The topological polar surface area (TPSA) is 20.3 Å². The van der Waals surface area contributed by atoms with Crippen LogP contribution in [0.15, 0.2) is 24.8 Å². The van der Waals surface area contributed by atoms with Crippen molar-refractivity contribution in [2.24, 2.45) is 0 Å². The van der Waals surface area contributed by atoms with E-state index >= 15 is 0 Å².